The zero-order valence-corrected chi connectivity index (χ0v) is 11.5. The molecular formula is C14H18ClN3O. The van der Waals surface area contributed by atoms with E-state index in [0.717, 1.165) is 25.7 Å². The molecule has 1 amide bonds. The number of carbonyl (C=O) groups is 1. The summed E-state index contributed by atoms with van der Waals surface area (Å²) in [4.78, 5) is 11.7. The fourth-order valence-corrected chi connectivity index (χ4v) is 1.86. The highest BCUT2D eigenvalue weighted by molar-refractivity contribution is 6.31. The molecule has 0 saturated carbocycles. The quantitative estimate of drug-likeness (QED) is 0.753. The Labute approximate surface area is 118 Å². The van der Waals surface area contributed by atoms with Gasteiger partial charge in [0.2, 0.25) is 5.91 Å². The van der Waals surface area contributed by atoms with Crippen LogP contribution in [0.1, 0.15) is 37.7 Å². The molecule has 5 heteroatoms. The summed E-state index contributed by atoms with van der Waals surface area (Å²) in [5, 5.41) is 12.0. The van der Waals surface area contributed by atoms with Gasteiger partial charge in [0.25, 0.3) is 0 Å². The first-order valence-electron chi connectivity index (χ1n) is 6.37. The molecule has 0 unspecified atom stereocenters. The Bertz CT molecular complexity index is 468. The number of benzene rings is 1. The van der Waals surface area contributed by atoms with Crippen LogP contribution in [0.3, 0.4) is 0 Å². The summed E-state index contributed by atoms with van der Waals surface area (Å²) >= 11 is 5.82. The van der Waals surface area contributed by atoms with E-state index in [4.69, 9.17) is 22.6 Å². The van der Waals surface area contributed by atoms with Crippen molar-refractivity contribution in [2.24, 2.45) is 5.73 Å². The molecule has 0 aromatic heterocycles. The minimum Gasteiger partial charge on any atom is -0.330 e. The standard InChI is InChI=1S/C14H18ClN3O/c15-13-7-6-12(9-11(13)10-17)18-14(19)5-3-1-2-4-8-16/h6-7,9H,1-5,8,16H2,(H,18,19). The molecule has 0 aliphatic carbocycles. The average molecular weight is 280 g/mol. The van der Waals surface area contributed by atoms with Crippen LogP contribution in [-0.4, -0.2) is 12.5 Å². The SMILES string of the molecule is N#Cc1cc(NC(=O)CCCCCCN)ccc1Cl. The van der Waals surface area contributed by atoms with Crippen molar-refractivity contribution in [2.75, 3.05) is 11.9 Å². The van der Waals surface area contributed by atoms with Gasteiger partial charge >= 0.3 is 0 Å². The van der Waals surface area contributed by atoms with Gasteiger partial charge in [-0.1, -0.05) is 24.4 Å². The number of hydrogen-bond acceptors (Lipinski definition) is 3. The third-order valence-corrected chi connectivity index (χ3v) is 3.06. The van der Waals surface area contributed by atoms with Crippen LogP contribution in [0.25, 0.3) is 0 Å². The van der Waals surface area contributed by atoms with Crippen LogP contribution in [0.4, 0.5) is 5.69 Å². The number of unbranched alkanes of at least 4 members (excludes halogenated alkanes) is 3. The van der Waals surface area contributed by atoms with Crippen molar-refractivity contribution >= 4 is 23.2 Å². The fraction of sp³-hybridized carbons (Fsp3) is 0.429. The predicted molar refractivity (Wildman–Crippen MR) is 76.9 cm³/mol. The predicted octanol–water partition coefficient (Wildman–Crippen LogP) is 3.06. The van der Waals surface area contributed by atoms with Gasteiger partial charge in [0.1, 0.15) is 6.07 Å². The van der Waals surface area contributed by atoms with Crippen LogP contribution in [0, 0.1) is 11.3 Å². The Kier molecular flexibility index (Phi) is 6.94. The van der Waals surface area contributed by atoms with Crippen molar-refractivity contribution in [1.82, 2.24) is 0 Å². The van der Waals surface area contributed by atoms with Gasteiger partial charge in [-0.25, -0.2) is 0 Å². The topological polar surface area (TPSA) is 78.9 Å². The number of nitrogens with one attached hydrogen (secondary N) is 1. The van der Waals surface area contributed by atoms with Crippen LogP contribution in [0.5, 0.6) is 0 Å². The van der Waals surface area contributed by atoms with Gasteiger partial charge < -0.3 is 11.1 Å². The highest BCUT2D eigenvalue weighted by atomic mass is 35.5. The molecule has 3 N–H and O–H groups in total. The lowest BCUT2D eigenvalue weighted by atomic mass is 10.1. The second-order valence-corrected chi connectivity index (χ2v) is 4.71. The van der Waals surface area contributed by atoms with Gasteiger partial charge in [-0.05, 0) is 37.6 Å². The maximum atomic E-state index is 11.7. The van der Waals surface area contributed by atoms with Gasteiger partial charge in [0, 0.05) is 12.1 Å². The summed E-state index contributed by atoms with van der Waals surface area (Å²) in [5.41, 5.74) is 6.36. The number of anilines is 1. The summed E-state index contributed by atoms with van der Waals surface area (Å²) in [6.45, 7) is 0.702. The van der Waals surface area contributed by atoms with E-state index in [9.17, 15) is 4.79 Å². The molecule has 19 heavy (non-hydrogen) atoms. The van der Waals surface area contributed by atoms with E-state index in [2.05, 4.69) is 5.32 Å². The van der Waals surface area contributed by atoms with Gasteiger partial charge in [-0.2, -0.15) is 5.26 Å². The molecule has 1 aromatic carbocycles. The minimum atomic E-state index is -0.0426. The zero-order valence-electron chi connectivity index (χ0n) is 10.8. The molecule has 0 radical (unpaired) electrons. The minimum absolute atomic E-state index is 0.0426. The molecule has 0 saturated heterocycles. The normalized spacial score (nSPS) is 9.95. The number of halogens is 1. The highest BCUT2D eigenvalue weighted by Crippen LogP contribution is 2.19. The molecule has 0 heterocycles. The number of hydrogen-bond donors (Lipinski definition) is 2. The molecule has 0 aliphatic rings. The number of amides is 1. The van der Waals surface area contributed by atoms with E-state index in [1.54, 1.807) is 18.2 Å². The van der Waals surface area contributed by atoms with Gasteiger partial charge in [-0.3, -0.25) is 4.79 Å². The molecule has 102 valence electrons. The highest BCUT2D eigenvalue weighted by Gasteiger charge is 2.05. The van der Waals surface area contributed by atoms with Crippen LogP contribution < -0.4 is 11.1 Å². The number of nitrogens with two attached hydrogens (primary N) is 1. The summed E-state index contributed by atoms with van der Waals surface area (Å²) in [7, 11) is 0. The lowest BCUT2D eigenvalue weighted by Crippen LogP contribution is -2.11. The summed E-state index contributed by atoms with van der Waals surface area (Å²) in [5.74, 6) is -0.0426. The summed E-state index contributed by atoms with van der Waals surface area (Å²) < 4.78 is 0. The van der Waals surface area contributed by atoms with E-state index < -0.39 is 0 Å². The van der Waals surface area contributed by atoms with Crippen LogP contribution in [-0.2, 0) is 4.79 Å². The second kappa shape index (κ2) is 8.52. The molecule has 4 nitrogen and oxygen atoms in total. The van der Waals surface area contributed by atoms with E-state index in [1.807, 2.05) is 6.07 Å². The zero-order chi connectivity index (χ0) is 14.1. The Morgan fingerprint density at radius 2 is 2.05 bits per heavy atom. The summed E-state index contributed by atoms with van der Waals surface area (Å²) in [6.07, 6.45) is 4.40. The van der Waals surface area contributed by atoms with Crippen molar-refractivity contribution in [3.8, 4) is 6.07 Å². The Morgan fingerprint density at radius 1 is 1.32 bits per heavy atom. The molecular weight excluding hydrogens is 262 g/mol. The smallest absolute Gasteiger partial charge is 0.224 e. The summed E-state index contributed by atoms with van der Waals surface area (Å²) in [6, 6.07) is 6.86. The molecule has 1 rings (SSSR count). The Morgan fingerprint density at radius 3 is 2.74 bits per heavy atom. The first-order chi connectivity index (χ1) is 9.17. The van der Waals surface area contributed by atoms with Crippen molar-refractivity contribution in [3.05, 3.63) is 28.8 Å². The fourth-order valence-electron chi connectivity index (χ4n) is 1.70. The molecule has 1 aromatic rings. The van der Waals surface area contributed by atoms with E-state index >= 15 is 0 Å². The van der Waals surface area contributed by atoms with Crippen LogP contribution >= 0.6 is 11.6 Å². The van der Waals surface area contributed by atoms with Crippen LogP contribution in [0.15, 0.2) is 18.2 Å². The third-order valence-electron chi connectivity index (χ3n) is 2.73. The third kappa shape index (κ3) is 5.73. The van der Waals surface area contributed by atoms with Gasteiger partial charge in [0.05, 0.1) is 10.6 Å². The van der Waals surface area contributed by atoms with Crippen LogP contribution in [0.2, 0.25) is 5.02 Å². The monoisotopic (exact) mass is 279 g/mol. The van der Waals surface area contributed by atoms with Crippen molar-refractivity contribution in [1.29, 1.82) is 5.26 Å². The van der Waals surface area contributed by atoms with E-state index in [-0.39, 0.29) is 5.91 Å². The maximum absolute atomic E-state index is 11.7. The first kappa shape index (κ1) is 15.5. The Balaban J connectivity index is 2.38. The Hall–Kier alpha value is -1.57. The maximum Gasteiger partial charge on any atom is 0.224 e. The second-order valence-electron chi connectivity index (χ2n) is 4.31. The van der Waals surface area contributed by atoms with Crippen molar-refractivity contribution in [3.63, 3.8) is 0 Å². The average Bonchev–Trinajstić information content (AvgIpc) is 2.40. The largest absolute Gasteiger partial charge is 0.330 e. The van der Waals surface area contributed by atoms with Gasteiger partial charge in [0.15, 0.2) is 0 Å². The van der Waals surface area contributed by atoms with Gasteiger partial charge in [-0.15, -0.1) is 0 Å². The van der Waals surface area contributed by atoms with E-state index in [1.165, 1.54) is 0 Å². The number of rotatable bonds is 7. The van der Waals surface area contributed by atoms with Crippen molar-refractivity contribution in [2.45, 2.75) is 32.1 Å². The lowest BCUT2D eigenvalue weighted by molar-refractivity contribution is -0.116. The molecule has 0 aliphatic heterocycles. The number of carbonyl (C=O) groups excluding carboxylic acids is 1. The lowest BCUT2D eigenvalue weighted by Gasteiger charge is -2.06. The number of nitrogens with zero attached hydrogens (tertiary/aromatic N) is 1. The first-order valence-corrected chi connectivity index (χ1v) is 6.74. The molecule has 0 spiro atoms. The molecule has 0 fully saturated rings. The molecule has 0 atom stereocenters. The number of nitriles is 1. The van der Waals surface area contributed by atoms with Crippen molar-refractivity contribution < 1.29 is 4.79 Å². The van der Waals surface area contributed by atoms with E-state index in [0.29, 0.717) is 29.2 Å². The molecule has 0 bridgehead atoms.